The maximum Gasteiger partial charge on any atom is 0.167 e. The smallest absolute Gasteiger partial charge is 0.167 e. The Balaban J connectivity index is 6.05. The lowest BCUT2D eigenvalue weighted by Gasteiger charge is -2.57. The number of unbranched alkanes of at least 4 members (excludes halogenated alkanes) is 52. The van der Waals surface area contributed by atoms with E-state index in [2.05, 4.69) is 27.7 Å². The zero-order valence-electron chi connectivity index (χ0n) is 53.3. The van der Waals surface area contributed by atoms with Crippen LogP contribution in [0.25, 0.3) is 0 Å². The Hall–Kier alpha value is -0.530. The van der Waals surface area contributed by atoms with Crippen molar-refractivity contribution >= 4 is 5.78 Å². The summed E-state index contributed by atoms with van der Waals surface area (Å²) in [6.07, 6.45) is 66.9. The summed E-state index contributed by atoms with van der Waals surface area (Å²) in [6.45, 7) is 9.73. The second-order valence-electron chi connectivity index (χ2n) is 25.8. The molecular formula is C71H142O6. The second kappa shape index (κ2) is 54.7. The Morgan fingerprint density at radius 2 is 0.442 bits per heavy atom. The number of hydrogen-bond acceptors (Lipinski definition) is 6. The fourth-order valence-corrected chi connectivity index (χ4v) is 12.8. The molecule has 0 radical (unpaired) electrons. The molecule has 5 N–H and O–H groups in total. The molecule has 0 saturated heterocycles. The second-order valence-corrected chi connectivity index (χ2v) is 25.8. The maximum absolute atomic E-state index is 14.9. The molecular weight excluding hydrogens is 949 g/mol. The van der Waals surface area contributed by atoms with Gasteiger partial charge in [0.25, 0.3) is 0 Å². The molecule has 0 heterocycles. The lowest BCUT2D eigenvalue weighted by molar-refractivity contribution is -0.302. The number of rotatable bonds is 65. The van der Waals surface area contributed by atoms with Gasteiger partial charge in [0, 0.05) is 6.42 Å². The molecule has 0 spiro atoms. The summed E-state index contributed by atoms with van der Waals surface area (Å²) in [6, 6.07) is 0. The third kappa shape index (κ3) is 38.8. The zero-order valence-corrected chi connectivity index (χ0v) is 53.3. The van der Waals surface area contributed by atoms with E-state index in [9.17, 15) is 30.3 Å². The predicted octanol–water partition coefficient (Wildman–Crippen LogP) is 22.0. The van der Waals surface area contributed by atoms with Crippen LogP contribution in [0.3, 0.4) is 0 Å². The first kappa shape index (κ1) is 76.5. The van der Waals surface area contributed by atoms with Crippen molar-refractivity contribution in [2.75, 3.05) is 6.61 Å². The summed E-state index contributed by atoms with van der Waals surface area (Å²) in [7, 11) is 0. The number of ketones is 1. The van der Waals surface area contributed by atoms with Crippen LogP contribution in [0.4, 0.5) is 0 Å². The van der Waals surface area contributed by atoms with Gasteiger partial charge >= 0.3 is 0 Å². The van der Waals surface area contributed by atoms with Gasteiger partial charge < -0.3 is 25.5 Å². The van der Waals surface area contributed by atoms with Crippen LogP contribution in [0, 0.1) is 0 Å². The van der Waals surface area contributed by atoms with E-state index >= 15 is 0 Å². The van der Waals surface area contributed by atoms with Gasteiger partial charge in [0.2, 0.25) is 0 Å². The van der Waals surface area contributed by atoms with E-state index in [-0.39, 0.29) is 25.7 Å². The first-order chi connectivity index (χ1) is 37.5. The van der Waals surface area contributed by atoms with Crippen LogP contribution in [0.5, 0.6) is 0 Å². The van der Waals surface area contributed by atoms with Gasteiger partial charge in [0.05, 0.1) is 6.61 Å². The highest BCUT2D eigenvalue weighted by atomic mass is 16.4. The number of aliphatic hydroxyl groups excluding tert-OH is 1. The van der Waals surface area contributed by atoms with E-state index in [1.54, 1.807) is 0 Å². The standard InChI is InChI=1S/C71H142O6/c1-6-10-14-18-22-26-30-34-38-42-46-50-54-58-62-67(73)69(75,63-59-55-51-47-43-39-35-31-27-23-19-15-11-7-2)71(77,65-61-57-53-49-45-41-37-33-29-25-21-17-13-9-4)70(76,68(5,74)66-72)64-60-56-52-48-44-40-36-32-28-24-20-16-12-8-3/h72,74-77H,6-66H2,1-5H3/t68-,69+,70+,71-/m1/s1. The van der Waals surface area contributed by atoms with E-state index in [0.717, 1.165) is 77.0 Å². The summed E-state index contributed by atoms with van der Waals surface area (Å²) in [5, 5.41) is 63.0. The number of Topliss-reactive ketones (excluding diaryl/α,β-unsaturated/α-hetero) is 1. The number of aliphatic hydroxyl groups is 5. The van der Waals surface area contributed by atoms with Gasteiger partial charge in [-0.2, -0.15) is 0 Å². The summed E-state index contributed by atoms with van der Waals surface area (Å²) >= 11 is 0. The summed E-state index contributed by atoms with van der Waals surface area (Å²) in [5.74, 6) is -0.396. The summed E-state index contributed by atoms with van der Waals surface area (Å²) in [5.41, 5.74) is -9.00. The first-order valence-corrected chi connectivity index (χ1v) is 35.5. The van der Waals surface area contributed by atoms with Gasteiger partial charge in [-0.05, 0) is 32.6 Å². The van der Waals surface area contributed by atoms with Crippen LogP contribution in [0.15, 0.2) is 0 Å². The SMILES string of the molecule is CCCCCCCCCCCCCCCCC(=O)[C@@](O)(CCCCCCCCCCCCCCCC)[C@](O)(CCCCCCCCCCCCCCCC)[C@](O)(CCCCCCCCCCCCCCCC)[C@](C)(O)CO. The minimum absolute atomic E-state index is 0.00979. The van der Waals surface area contributed by atoms with E-state index < -0.39 is 34.8 Å². The van der Waals surface area contributed by atoms with E-state index in [1.807, 2.05) is 0 Å². The minimum Gasteiger partial charge on any atom is -0.393 e. The Kier molecular flexibility index (Phi) is 54.3. The Labute approximate surface area is 482 Å². The molecule has 0 aliphatic rings. The van der Waals surface area contributed by atoms with Crippen molar-refractivity contribution in [1.29, 1.82) is 0 Å². The normalized spacial score (nSPS) is 15.1. The van der Waals surface area contributed by atoms with E-state index in [0.29, 0.717) is 25.7 Å². The van der Waals surface area contributed by atoms with Gasteiger partial charge in [-0.15, -0.1) is 0 Å². The molecule has 0 bridgehead atoms. The summed E-state index contributed by atoms with van der Waals surface area (Å²) < 4.78 is 0. The predicted molar refractivity (Wildman–Crippen MR) is 337 cm³/mol. The van der Waals surface area contributed by atoms with Crippen molar-refractivity contribution in [3.63, 3.8) is 0 Å². The lowest BCUT2D eigenvalue weighted by atomic mass is 9.57. The third-order valence-corrected chi connectivity index (χ3v) is 18.5. The molecule has 0 aromatic carbocycles. The topological polar surface area (TPSA) is 118 Å². The molecule has 77 heavy (non-hydrogen) atoms. The van der Waals surface area contributed by atoms with Crippen LogP contribution < -0.4 is 0 Å². The molecule has 0 amide bonds. The highest BCUT2D eigenvalue weighted by Gasteiger charge is 2.68. The Morgan fingerprint density at radius 1 is 0.260 bits per heavy atom. The average molecular weight is 1090 g/mol. The molecule has 0 aliphatic carbocycles. The summed E-state index contributed by atoms with van der Waals surface area (Å²) in [4.78, 5) is 14.9. The fraction of sp³-hybridized carbons (Fsp3) is 0.986. The number of carbonyl (C=O) groups is 1. The first-order valence-electron chi connectivity index (χ1n) is 35.5. The Morgan fingerprint density at radius 3 is 0.662 bits per heavy atom. The molecule has 6 heteroatoms. The fourth-order valence-electron chi connectivity index (χ4n) is 12.8. The molecule has 0 fully saturated rings. The molecule has 0 saturated carbocycles. The average Bonchev–Trinajstić information content (AvgIpc) is 3.43. The van der Waals surface area contributed by atoms with Crippen LogP contribution in [0.2, 0.25) is 0 Å². The van der Waals surface area contributed by atoms with Gasteiger partial charge in [-0.25, -0.2) is 0 Å². The third-order valence-electron chi connectivity index (χ3n) is 18.5. The molecule has 4 atom stereocenters. The Bertz CT molecular complexity index is 1210. The van der Waals surface area contributed by atoms with Gasteiger partial charge in [-0.1, -0.05) is 381 Å². The monoisotopic (exact) mass is 1090 g/mol. The van der Waals surface area contributed by atoms with Crippen LogP contribution in [-0.4, -0.2) is 60.3 Å². The van der Waals surface area contributed by atoms with Crippen molar-refractivity contribution in [2.24, 2.45) is 0 Å². The number of hydrogen-bond donors (Lipinski definition) is 5. The molecule has 0 rings (SSSR count). The van der Waals surface area contributed by atoms with Crippen LogP contribution >= 0.6 is 0 Å². The largest absolute Gasteiger partial charge is 0.393 e. The minimum atomic E-state index is -2.33. The molecule has 0 aromatic heterocycles. The van der Waals surface area contributed by atoms with E-state index in [4.69, 9.17) is 0 Å². The highest BCUT2D eigenvalue weighted by Crippen LogP contribution is 2.49. The molecule has 0 aromatic rings. The molecule has 462 valence electrons. The molecule has 0 unspecified atom stereocenters. The van der Waals surface area contributed by atoms with E-state index in [1.165, 1.54) is 264 Å². The van der Waals surface area contributed by atoms with Crippen molar-refractivity contribution < 1.29 is 30.3 Å². The molecule has 6 nitrogen and oxygen atoms in total. The van der Waals surface area contributed by atoms with Gasteiger partial charge in [0.15, 0.2) is 11.4 Å². The lowest BCUT2D eigenvalue weighted by Crippen LogP contribution is -2.77. The van der Waals surface area contributed by atoms with Crippen LogP contribution in [-0.2, 0) is 4.79 Å². The van der Waals surface area contributed by atoms with Gasteiger partial charge in [0.1, 0.15) is 16.8 Å². The number of carbonyl (C=O) groups excluding carboxylic acids is 1. The zero-order chi connectivity index (χ0) is 56.7. The van der Waals surface area contributed by atoms with Crippen LogP contribution in [0.1, 0.15) is 420 Å². The van der Waals surface area contributed by atoms with Crippen molar-refractivity contribution in [3.8, 4) is 0 Å². The van der Waals surface area contributed by atoms with Crippen molar-refractivity contribution in [2.45, 2.75) is 442 Å². The molecule has 0 aliphatic heterocycles. The van der Waals surface area contributed by atoms with Crippen molar-refractivity contribution in [3.05, 3.63) is 0 Å². The quantitative estimate of drug-likeness (QED) is 0.0387. The van der Waals surface area contributed by atoms with Crippen molar-refractivity contribution in [1.82, 2.24) is 0 Å². The maximum atomic E-state index is 14.9. The van der Waals surface area contributed by atoms with Gasteiger partial charge in [-0.3, -0.25) is 4.79 Å². The highest BCUT2D eigenvalue weighted by molar-refractivity contribution is 5.89.